The molecule has 0 spiro atoms. The summed E-state index contributed by atoms with van der Waals surface area (Å²) in [5.41, 5.74) is 0.314. The molecule has 0 amide bonds. The molecule has 0 aliphatic rings. The Balaban J connectivity index is 2.25. The summed E-state index contributed by atoms with van der Waals surface area (Å²) in [6.45, 7) is 4.74. The zero-order valence-electron chi connectivity index (χ0n) is 11.6. The number of halogens is 2. The van der Waals surface area contributed by atoms with Crippen LogP contribution in [0.2, 0.25) is 5.02 Å². The molecule has 108 valence electrons. The van der Waals surface area contributed by atoms with Crippen molar-refractivity contribution < 1.29 is 4.39 Å². The predicted molar refractivity (Wildman–Crippen MR) is 86.7 cm³/mol. The van der Waals surface area contributed by atoms with E-state index in [2.05, 4.69) is 15.3 Å². The molecule has 0 aliphatic carbocycles. The molecule has 0 unspecified atom stereocenters. The Morgan fingerprint density at radius 1 is 1.33 bits per heavy atom. The lowest BCUT2D eigenvalue weighted by molar-refractivity contribution is 0.630. The van der Waals surface area contributed by atoms with Crippen molar-refractivity contribution in [2.24, 2.45) is 0 Å². The van der Waals surface area contributed by atoms with Crippen molar-refractivity contribution in [3.8, 4) is 11.4 Å². The topological polar surface area (TPSA) is 37.8 Å². The van der Waals surface area contributed by atoms with Gasteiger partial charge in [0.25, 0.3) is 0 Å². The van der Waals surface area contributed by atoms with Gasteiger partial charge >= 0.3 is 0 Å². The maximum atomic E-state index is 14.2. The van der Waals surface area contributed by atoms with Crippen molar-refractivity contribution in [1.29, 1.82) is 0 Å². The van der Waals surface area contributed by atoms with Gasteiger partial charge in [-0.3, -0.25) is 0 Å². The lowest BCUT2D eigenvalue weighted by Crippen LogP contribution is -2.02. The zero-order valence-corrected chi connectivity index (χ0v) is 13.1. The van der Waals surface area contributed by atoms with Crippen LogP contribution in [0.5, 0.6) is 0 Å². The molecule has 2 heterocycles. The number of thiophene rings is 1. The molecule has 0 saturated carbocycles. The Hall–Kier alpha value is -1.72. The second kappa shape index (κ2) is 5.58. The van der Waals surface area contributed by atoms with E-state index in [9.17, 15) is 4.39 Å². The van der Waals surface area contributed by atoms with Crippen molar-refractivity contribution in [2.45, 2.75) is 13.8 Å². The van der Waals surface area contributed by atoms with Gasteiger partial charge in [0.2, 0.25) is 0 Å². The van der Waals surface area contributed by atoms with Crippen LogP contribution in [0.4, 0.5) is 10.2 Å². The highest BCUT2D eigenvalue weighted by Gasteiger charge is 2.15. The first kappa shape index (κ1) is 14.2. The SMILES string of the molecule is CCNc1nc(-c2cccc(Cl)c2F)nc2sc(C)cc12. The fraction of sp³-hybridized carbons (Fsp3) is 0.200. The van der Waals surface area contributed by atoms with Crippen molar-refractivity contribution in [1.82, 2.24) is 9.97 Å². The number of nitrogens with one attached hydrogen (secondary N) is 1. The van der Waals surface area contributed by atoms with E-state index in [0.29, 0.717) is 11.4 Å². The Morgan fingerprint density at radius 3 is 2.90 bits per heavy atom. The molecule has 0 radical (unpaired) electrons. The van der Waals surface area contributed by atoms with Gasteiger partial charge < -0.3 is 5.32 Å². The predicted octanol–water partition coefficient (Wildman–Crippen LogP) is 4.89. The molecule has 1 aromatic carbocycles. The van der Waals surface area contributed by atoms with Gasteiger partial charge in [-0.15, -0.1) is 11.3 Å². The van der Waals surface area contributed by atoms with Gasteiger partial charge in [0.1, 0.15) is 10.6 Å². The lowest BCUT2D eigenvalue weighted by atomic mass is 10.2. The van der Waals surface area contributed by atoms with Crippen LogP contribution in [0, 0.1) is 12.7 Å². The number of aromatic nitrogens is 2. The second-order valence-electron chi connectivity index (χ2n) is 4.60. The summed E-state index contributed by atoms with van der Waals surface area (Å²) in [6.07, 6.45) is 0. The Labute approximate surface area is 130 Å². The van der Waals surface area contributed by atoms with Crippen LogP contribution in [0.25, 0.3) is 21.6 Å². The number of fused-ring (bicyclic) bond motifs is 1. The summed E-state index contributed by atoms with van der Waals surface area (Å²) in [5, 5.41) is 4.24. The average molecular weight is 322 g/mol. The smallest absolute Gasteiger partial charge is 0.166 e. The van der Waals surface area contributed by atoms with Crippen LogP contribution in [0.15, 0.2) is 24.3 Å². The van der Waals surface area contributed by atoms with Crippen LogP contribution in [-0.2, 0) is 0 Å². The molecule has 6 heteroatoms. The minimum atomic E-state index is -0.491. The van der Waals surface area contributed by atoms with Crippen LogP contribution < -0.4 is 5.32 Å². The van der Waals surface area contributed by atoms with E-state index in [1.54, 1.807) is 23.5 Å². The number of nitrogens with zero attached hydrogens (tertiary/aromatic N) is 2. The van der Waals surface area contributed by atoms with E-state index in [-0.39, 0.29) is 5.02 Å². The molecule has 0 atom stereocenters. The van der Waals surface area contributed by atoms with Gasteiger partial charge in [0.05, 0.1) is 16.0 Å². The zero-order chi connectivity index (χ0) is 15.0. The maximum Gasteiger partial charge on any atom is 0.166 e. The van der Waals surface area contributed by atoms with Crippen LogP contribution in [0.3, 0.4) is 0 Å². The molecule has 3 rings (SSSR count). The van der Waals surface area contributed by atoms with E-state index < -0.39 is 5.82 Å². The molecule has 21 heavy (non-hydrogen) atoms. The first-order valence-corrected chi connectivity index (χ1v) is 7.76. The second-order valence-corrected chi connectivity index (χ2v) is 6.25. The monoisotopic (exact) mass is 321 g/mol. The summed E-state index contributed by atoms with van der Waals surface area (Å²) >= 11 is 7.41. The van der Waals surface area contributed by atoms with Crippen molar-refractivity contribution >= 4 is 39.0 Å². The van der Waals surface area contributed by atoms with Gasteiger partial charge in [0, 0.05) is 11.4 Å². The minimum Gasteiger partial charge on any atom is -0.370 e. The summed E-state index contributed by atoms with van der Waals surface area (Å²) in [7, 11) is 0. The van der Waals surface area contributed by atoms with Crippen molar-refractivity contribution in [3.05, 3.63) is 40.0 Å². The van der Waals surface area contributed by atoms with E-state index in [1.807, 2.05) is 19.9 Å². The third-order valence-corrected chi connectivity index (χ3v) is 4.29. The van der Waals surface area contributed by atoms with E-state index in [0.717, 1.165) is 27.5 Å². The molecular formula is C15H13ClFN3S. The summed E-state index contributed by atoms with van der Waals surface area (Å²) in [6, 6.07) is 6.88. The summed E-state index contributed by atoms with van der Waals surface area (Å²) in [5.74, 6) is 0.579. The molecule has 3 aromatic rings. The number of aryl methyl sites for hydroxylation is 1. The van der Waals surface area contributed by atoms with Gasteiger partial charge in [-0.05, 0) is 32.0 Å². The molecular weight excluding hydrogens is 309 g/mol. The summed E-state index contributed by atoms with van der Waals surface area (Å²) < 4.78 is 14.2. The van der Waals surface area contributed by atoms with Gasteiger partial charge in [0.15, 0.2) is 11.6 Å². The van der Waals surface area contributed by atoms with Gasteiger partial charge in [-0.25, -0.2) is 14.4 Å². The number of hydrogen-bond donors (Lipinski definition) is 1. The largest absolute Gasteiger partial charge is 0.370 e. The molecule has 0 fully saturated rings. The van der Waals surface area contributed by atoms with Crippen LogP contribution >= 0.6 is 22.9 Å². The number of hydrogen-bond acceptors (Lipinski definition) is 4. The highest BCUT2D eigenvalue weighted by atomic mass is 35.5. The molecule has 1 N–H and O–H groups in total. The summed E-state index contributed by atoms with van der Waals surface area (Å²) in [4.78, 5) is 10.9. The van der Waals surface area contributed by atoms with Crippen molar-refractivity contribution in [2.75, 3.05) is 11.9 Å². The number of benzene rings is 1. The third-order valence-electron chi connectivity index (χ3n) is 3.05. The van der Waals surface area contributed by atoms with E-state index in [1.165, 1.54) is 6.07 Å². The first-order valence-electron chi connectivity index (χ1n) is 6.56. The standard InChI is InChI=1S/C15H13ClFN3S/c1-3-18-13-10-7-8(2)21-15(10)20-14(19-13)9-5-4-6-11(16)12(9)17/h4-7H,3H2,1-2H3,(H,18,19,20). The van der Waals surface area contributed by atoms with Gasteiger partial charge in [-0.1, -0.05) is 17.7 Å². The fourth-order valence-corrected chi connectivity index (χ4v) is 3.20. The van der Waals surface area contributed by atoms with Crippen molar-refractivity contribution in [3.63, 3.8) is 0 Å². The molecule has 2 aromatic heterocycles. The highest BCUT2D eigenvalue weighted by Crippen LogP contribution is 2.32. The molecule has 0 aliphatic heterocycles. The minimum absolute atomic E-state index is 0.0727. The fourth-order valence-electron chi connectivity index (χ4n) is 2.14. The Morgan fingerprint density at radius 2 is 2.14 bits per heavy atom. The van der Waals surface area contributed by atoms with E-state index in [4.69, 9.17) is 11.6 Å². The average Bonchev–Trinajstić information content (AvgIpc) is 2.82. The molecule has 3 nitrogen and oxygen atoms in total. The van der Waals surface area contributed by atoms with Gasteiger partial charge in [-0.2, -0.15) is 0 Å². The third kappa shape index (κ3) is 2.59. The first-order chi connectivity index (χ1) is 10.1. The van der Waals surface area contributed by atoms with Crippen LogP contribution in [-0.4, -0.2) is 16.5 Å². The maximum absolute atomic E-state index is 14.2. The Bertz CT molecular complexity index is 816. The quantitative estimate of drug-likeness (QED) is 0.746. The van der Waals surface area contributed by atoms with E-state index >= 15 is 0 Å². The number of anilines is 1. The Kier molecular flexibility index (Phi) is 3.78. The van der Waals surface area contributed by atoms with Crippen LogP contribution in [0.1, 0.15) is 11.8 Å². The highest BCUT2D eigenvalue weighted by molar-refractivity contribution is 7.18. The lowest BCUT2D eigenvalue weighted by Gasteiger charge is -2.08. The number of rotatable bonds is 3. The molecule has 0 bridgehead atoms. The molecule has 0 saturated heterocycles. The normalized spacial score (nSPS) is 11.0.